The zero-order valence-corrected chi connectivity index (χ0v) is 4.60. The van der Waals surface area contributed by atoms with Gasteiger partial charge >= 0.3 is 0 Å². The molecule has 1 aliphatic rings. The first-order valence-electron chi connectivity index (χ1n) is 2.34. The predicted molar refractivity (Wildman–Crippen MR) is 26.7 cm³/mol. The molecule has 1 fully saturated rings. The van der Waals surface area contributed by atoms with Crippen LogP contribution < -0.4 is 11.2 Å². The lowest BCUT2D eigenvalue weighted by Crippen LogP contribution is -2.45. The number of nitrogens with two attached hydrogens (primary N) is 1. The van der Waals surface area contributed by atoms with E-state index in [-0.39, 0.29) is 12.5 Å². The quantitative estimate of drug-likeness (QED) is 0.416. The number of carbonyl (C=O) groups is 1. The fraction of sp³-hybridized carbons (Fsp3) is 0.750. The molecular formula is C4H8N2O2. The fourth-order valence-corrected chi connectivity index (χ4v) is 0.434. The van der Waals surface area contributed by atoms with E-state index in [0.717, 1.165) is 0 Å². The summed E-state index contributed by atoms with van der Waals surface area (Å²) < 4.78 is 0. The SMILES string of the molecule is CC1(N)CONC1=O. The van der Waals surface area contributed by atoms with Crippen molar-refractivity contribution in [2.24, 2.45) is 5.73 Å². The van der Waals surface area contributed by atoms with Crippen molar-refractivity contribution < 1.29 is 9.63 Å². The van der Waals surface area contributed by atoms with Gasteiger partial charge in [0.1, 0.15) is 12.1 Å². The van der Waals surface area contributed by atoms with Gasteiger partial charge in [-0.25, -0.2) is 5.48 Å². The Labute approximate surface area is 46.9 Å². The van der Waals surface area contributed by atoms with Crippen LogP contribution in [-0.2, 0) is 9.63 Å². The first-order chi connectivity index (χ1) is 3.63. The summed E-state index contributed by atoms with van der Waals surface area (Å²) in [7, 11) is 0. The van der Waals surface area contributed by atoms with E-state index < -0.39 is 5.54 Å². The summed E-state index contributed by atoms with van der Waals surface area (Å²) in [6.45, 7) is 1.88. The Morgan fingerprint density at radius 2 is 2.62 bits per heavy atom. The zero-order chi connectivity index (χ0) is 6.20. The van der Waals surface area contributed by atoms with Crippen LogP contribution >= 0.6 is 0 Å². The highest BCUT2D eigenvalue weighted by atomic mass is 16.7. The number of rotatable bonds is 0. The van der Waals surface area contributed by atoms with Crippen molar-refractivity contribution in [2.45, 2.75) is 12.5 Å². The van der Waals surface area contributed by atoms with Gasteiger partial charge in [-0.1, -0.05) is 0 Å². The summed E-state index contributed by atoms with van der Waals surface area (Å²) in [4.78, 5) is 15.1. The topological polar surface area (TPSA) is 64.3 Å². The molecule has 1 atom stereocenters. The monoisotopic (exact) mass is 116 g/mol. The highest BCUT2D eigenvalue weighted by Gasteiger charge is 2.34. The predicted octanol–water partition coefficient (Wildman–Crippen LogP) is -1.23. The molecule has 0 aliphatic carbocycles. The Morgan fingerprint density at radius 3 is 2.75 bits per heavy atom. The standard InChI is InChI=1S/C4H8N2O2/c1-4(5)2-8-6-3(4)7/h2,5H2,1H3,(H,6,7). The Balaban J connectivity index is 2.68. The second-order valence-corrected chi connectivity index (χ2v) is 2.14. The maximum Gasteiger partial charge on any atom is 0.265 e. The zero-order valence-electron chi connectivity index (χ0n) is 4.60. The van der Waals surface area contributed by atoms with Gasteiger partial charge in [-0.05, 0) is 6.92 Å². The minimum absolute atomic E-state index is 0.252. The largest absolute Gasteiger partial charge is 0.315 e. The summed E-state index contributed by atoms with van der Waals surface area (Å²) in [6.07, 6.45) is 0. The lowest BCUT2D eigenvalue weighted by molar-refractivity contribution is -0.126. The number of hydrogen-bond donors (Lipinski definition) is 2. The van der Waals surface area contributed by atoms with Crippen LogP contribution in [0.15, 0.2) is 0 Å². The highest BCUT2D eigenvalue weighted by Crippen LogP contribution is 2.04. The van der Waals surface area contributed by atoms with Gasteiger partial charge in [0.15, 0.2) is 0 Å². The van der Waals surface area contributed by atoms with Crippen LogP contribution in [0.1, 0.15) is 6.92 Å². The smallest absolute Gasteiger partial charge is 0.265 e. The number of hydrogen-bond acceptors (Lipinski definition) is 3. The third-order valence-corrected chi connectivity index (χ3v) is 1.06. The number of hydroxylamine groups is 1. The molecule has 1 amide bonds. The molecule has 4 heteroatoms. The molecule has 0 aromatic heterocycles. The highest BCUT2D eigenvalue weighted by molar-refractivity contribution is 5.86. The number of carbonyl (C=O) groups excluding carboxylic acids is 1. The first kappa shape index (κ1) is 5.53. The van der Waals surface area contributed by atoms with Crippen molar-refractivity contribution in [3.8, 4) is 0 Å². The molecule has 1 aliphatic heterocycles. The maximum absolute atomic E-state index is 10.5. The lowest BCUT2D eigenvalue weighted by Gasteiger charge is -2.07. The Bertz CT molecular complexity index is 121. The minimum Gasteiger partial charge on any atom is -0.315 e. The number of amides is 1. The Kier molecular flexibility index (Phi) is 0.988. The second-order valence-electron chi connectivity index (χ2n) is 2.14. The Hall–Kier alpha value is -0.610. The van der Waals surface area contributed by atoms with Crippen LogP contribution in [-0.4, -0.2) is 18.1 Å². The molecular weight excluding hydrogens is 108 g/mol. The third kappa shape index (κ3) is 0.677. The van der Waals surface area contributed by atoms with E-state index in [1.807, 2.05) is 0 Å². The normalized spacial score (nSPS) is 37.5. The maximum atomic E-state index is 10.5. The van der Waals surface area contributed by atoms with E-state index in [1.165, 1.54) is 0 Å². The van der Waals surface area contributed by atoms with Gasteiger partial charge < -0.3 is 5.73 Å². The van der Waals surface area contributed by atoms with Crippen molar-refractivity contribution in [3.63, 3.8) is 0 Å². The van der Waals surface area contributed by atoms with Crippen molar-refractivity contribution in [1.29, 1.82) is 0 Å². The molecule has 1 heterocycles. The summed E-state index contributed by atoms with van der Waals surface area (Å²) >= 11 is 0. The van der Waals surface area contributed by atoms with E-state index >= 15 is 0 Å². The van der Waals surface area contributed by atoms with Gasteiger partial charge in [0.2, 0.25) is 0 Å². The molecule has 46 valence electrons. The van der Waals surface area contributed by atoms with Gasteiger partial charge in [0.25, 0.3) is 5.91 Å². The van der Waals surface area contributed by atoms with Crippen LogP contribution in [0.5, 0.6) is 0 Å². The minimum atomic E-state index is -0.819. The molecule has 8 heavy (non-hydrogen) atoms. The van der Waals surface area contributed by atoms with Crippen molar-refractivity contribution >= 4 is 5.91 Å². The molecule has 0 aromatic carbocycles. The average Bonchev–Trinajstić information content (AvgIpc) is 1.86. The van der Waals surface area contributed by atoms with E-state index in [1.54, 1.807) is 6.92 Å². The molecule has 3 N–H and O–H groups in total. The molecule has 1 saturated heterocycles. The first-order valence-corrected chi connectivity index (χ1v) is 2.34. The number of nitrogens with one attached hydrogen (secondary N) is 1. The van der Waals surface area contributed by atoms with Gasteiger partial charge in [-0.15, -0.1) is 0 Å². The summed E-state index contributed by atoms with van der Waals surface area (Å²) in [5, 5.41) is 0. The summed E-state index contributed by atoms with van der Waals surface area (Å²) in [5.41, 5.74) is 6.71. The molecule has 0 saturated carbocycles. The van der Waals surface area contributed by atoms with Crippen LogP contribution in [0.3, 0.4) is 0 Å². The van der Waals surface area contributed by atoms with E-state index in [0.29, 0.717) is 0 Å². The molecule has 1 rings (SSSR count). The second kappa shape index (κ2) is 1.43. The van der Waals surface area contributed by atoms with Crippen LogP contribution in [0.4, 0.5) is 0 Å². The van der Waals surface area contributed by atoms with Crippen molar-refractivity contribution in [1.82, 2.24) is 5.48 Å². The van der Waals surface area contributed by atoms with Crippen LogP contribution in [0, 0.1) is 0 Å². The lowest BCUT2D eigenvalue weighted by atomic mass is 10.1. The summed E-state index contributed by atoms with van der Waals surface area (Å²) in [6, 6.07) is 0. The van der Waals surface area contributed by atoms with Crippen LogP contribution in [0.2, 0.25) is 0 Å². The van der Waals surface area contributed by atoms with Gasteiger partial charge in [0.05, 0.1) is 0 Å². The molecule has 1 unspecified atom stereocenters. The van der Waals surface area contributed by atoms with E-state index in [9.17, 15) is 4.79 Å². The Morgan fingerprint density at radius 1 is 2.00 bits per heavy atom. The van der Waals surface area contributed by atoms with E-state index in [4.69, 9.17) is 5.73 Å². The van der Waals surface area contributed by atoms with Gasteiger partial charge in [-0.3, -0.25) is 9.63 Å². The molecule has 0 radical (unpaired) electrons. The third-order valence-electron chi connectivity index (χ3n) is 1.06. The average molecular weight is 116 g/mol. The molecule has 4 nitrogen and oxygen atoms in total. The van der Waals surface area contributed by atoms with Gasteiger partial charge in [-0.2, -0.15) is 0 Å². The van der Waals surface area contributed by atoms with E-state index in [2.05, 4.69) is 10.3 Å². The van der Waals surface area contributed by atoms with Crippen LogP contribution in [0.25, 0.3) is 0 Å². The van der Waals surface area contributed by atoms with Gasteiger partial charge in [0, 0.05) is 0 Å². The fourth-order valence-electron chi connectivity index (χ4n) is 0.434. The van der Waals surface area contributed by atoms with Crippen molar-refractivity contribution in [2.75, 3.05) is 6.61 Å². The van der Waals surface area contributed by atoms with Crippen molar-refractivity contribution in [3.05, 3.63) is 0 Å². The molecule has 0 spiro atoms. The molecule has 0 aromatic rings. The molecule has 0 bridgehead atoms. The summed E-state index contributed by atoms with van der Waals surface area (Å²) in [5.74, 6) is -0.252.